The summed E-state index contributed by atoms with van der Waals surface area (Å²) in [6, 6.07) is 8.35. The fourth-order valence-corrected chi connectivity index (χ4v) is 8.58. The Hall–Kier alpha value is -1.09. The number of hydrogen-bond acceptors (Lipinski definition) is 12. The second-order valence-electron chi connectivity index (χ2n) is 14.6. The van der Waals surface area contributed by atoms with Crippen LogP contribution in [0.3, 0.4) is 0 Å². The van der Waals surface area contributed by atoms with E-state index in [0.717, 1.165) is 17.8 Å². The van der Waals surface area contributed by atoms with E-state index >= 15 is 0 Å². The van der Waals surface area contributed by atoms with Crippen LogP contribution in [0.5, 0.6) is 0 Å². The number of nitrogens with one attached hydrogen (secondary N) is 1. The number of nitrogens with zero attached hydrogens (tertiary/aromatic N) is 5. The molecule has 0 saturated carbocycles. The second-order valence-corrected chi connectivity index (χ2v) is 18.9. The van der Waals surface area contributed by atoms with E-state index in [2.05, 4.69) is 20.2 Å². The zero-order chi connectivity index (χ0) is 41.5. The van der Waals surface area contributed by atoms with Crippen LogP contribution in [0.25, 0.3) is 10.4 Å². The number of allylic oxidation sites excluding steroid dienone is 6. The minimum absolute atomic E-state index is 0. The molecule has 58 heavy (non-hydrogen) atoms. The smallest absolute Gasteiger partial charge is 0.748 e. The average molecular weight is 909 g/mol. The van der Waals surface area contributed by atoms with Crippen LogP contribution >= 0.6 is 0 Å². The summed E-state index contributed by atoms with van der Waals surface area (Å²) in [6.45, 7) is 8.96. The maximum absolute atomic E-state index is 12.2. The van der Waals surface area contributed by atoms with E-state index in [4.69, 9.17) is 5.53 Å². The van der Waals surface area contributed by atoms with Crippen molar-refractivity contribution in [3.05, 3.63) is 94.0 Å². The van der Waals surface area contributed by atoms with E-state index in [9.17, 15) is 43.7 Å². The number of benzene rings is 2. The van der Waals surface area contributed by atoms with Gasteiger partial charge in [-0.3, -0.25) is 4.79 Å². The molecule has 0 radical (unpaired) electrons. The molecule has 21 heteroatoms. The summed E-state index contributed by atoms with van der Waals surface area (Å²) in [5, 5.41) is 6.25. The number of carbonyl (C=O) groups excluding carboxylic acids is 1. The van der Waals surface area contributed by atoms with Crippen molar-refractivity contribution in [2.24, 2.45) is 5.11 Å². The summed E-state index contributed by atoms with van der Waals surface area (Å²) >= 11 is 0. The Morgan fingerprint density at radius 3 is 2.10 bits per heavy atom. The molecule has 304 valence electrons. The predicted molar refractivity (Wildman–Crippen MR) is 208 cm³/mol. The minimum Gasteiger partial charge on any atom is -0.748 e. The number of rotatable bonds is 19. The van der Waals surface area contributed by atoms with Gasteiger partial charge in [-0.05, 0) is 80.6 Å². The zero-order valence-electron chi connectivity index (χ0n) is 33.7. The maximum Gasteiger partial charge on any atom is 1.00 e. The van der Waals surface area contributed by atoms with Gasteiger partial charge in [-0.2, -0.15) is 4.58 Å². The monoisotopic (exact) mass is 908 g/mol. The van der Waals surface area contributed by atoms with Crippen LogP contribution in [0, 0.1) is 0 Å². The van der Waals surface area contributed by atoms with Crippen molar-refractivity contribution in [3.63, 3.8) is 0 Å². The third-order valence-corrected chi connectivity index (χ3v) is 12.4. The van der Waals surface area contributed by atoms with Gasteiger partial charge < -0.3 is 23.9 Å². The third-order valence-electron chi connectivity index (χ3n) is 9.92. The molecule has 2 aromatic rings. The molecule has 2 aliphatic rings. The van der Waals surface area contributed by atoms with Crippen molar-refractivity contribution in [1.82, 2.24) is 5.32 Å². The van der Waals surface area contributed by atoms with E-state index in [1.54, 1.807) is 34.9 Å². The number of carbonyl (C=O) groups is 1. The van der Waals surface area contributed by atoms with Crippen molar-refractivity contribution < 1.29 is 151 Å². The Labute approximate surface area is 426 Å². The van der Waals surface area contributed by atoms with Crippen LogP contribution in [0.15, 0.2) is 87.4 Å². The zero-order valence-corrected chi connectivity index (χ0v) is 42.4. The van der Waals surface area contributed by atoms with Crippen molar-refractivity contribution in [1.29, 1.82) is 0 Å². The molecule has 1 amide bonds. The molecule has 16 nitrogen and oxygen atoms in total. The van der Waals surface area contributed by atoms with Crippen LogP contribution in [0.1, 0.15) is 77.3 Å². The first-order chi connectivity index (χ1) is 26.1. The molecule has 0 aromatic heterocycles. The number of anilines is 1. The van der Waals surface area contributed by atoms with E-state index in [1.807, 2.05) is 33.8 Å². The van der Waals surface area contributed by atoms with Crippen LogP contribution in [-0.2, 0) is 46.0 Å². The molecule has 1 N–H and O–H groups in total. The standard InChI is InChI=1S/C37H48N6O10S3.2K/c1-36(2)29-25-27(55(48,49)50)16-18-31(29)42(22-10-6-9-15-35(44)39-20-11-21-40-41-38)33(36)13-7-5-8-14-34-37(3,4)30-26-28(56(51,52)53)17-19-32(30)43(34)23-12-24-54(45,46)47;;/h5,7-8,13-14,16-19,25-26H,6,9-12,15,20-24H2,1-4H3,(H3-,39,44,45,46,47,48,49,50,51,52,53);;/q;2*+1/p-2. The van der Waals surface area contributed by atoms with Crippen LogP contribution in [0.2, 0.25) is 0 Å². The summed E-state index contributed by atoms with van der Waals surface area (Å²) in [7, 11) is -13.9. The van der Waals surface area contributed by atoms with Crippen LogP contribution in [0.4, 0.5) is 11.4 Å². The van der Waals surface area contributed by atoms with Crippen LogP contribution < -0.4 is 113 Å². The van der Waals surface area contributed by atoms with Crippen molar-refractivity contribution in [3.8, 4) is 0 Å². The molecule has 0 bridgehead atoms. The molecule has 0 aliphatic carbocycles. The molecule has 2 aromatic carbocycles. The molecule has 2 heterocycles. The van der Waals surface area contributed by atoms with Crippen molar-refractivity contribution >= 4 is 53.3 Å². The van der Waals surface area contributed by atoms with Gasteiger partial charge >= 0.3 is 103 Å². The van der Waals surface area contributed by atoms with Gasteiger partial charge in [-0.1, -0.05) is 43.6 Å². The molecule has 2 aliphatic heterocycles. The number of unbranched alkanes of at least 4 members (excludes halogenated alkanes) is 2. The first-order valence-electron chi connectivity index (χ1n) is 18.0. The maximum atomic E-state index is 12.2. The first kappa shape index (κ1) is 53.0. The fourth-order valence-electron chi connectivity index (χ4n) is 7.10. The van der Waals surface area contributed by atoms with Crippen LogP contribution in [-0.4, -0.2) is 87.0 Å². The SMILES string of the molecule is CC1(C)C(/C=C/C=C/C=C2/N(CCCCCC(=O)NCCCN=[N+]=[N-])c3ccc(S(=O)(=O)[O-])cc3C2(C)C)=[N+](CCCS(=O)(=O)[O-])c2ccc(S(=O)(=O)[O-])cc21.[K+].[K+]. The summed E-state index contributed by atoms with van der Waals surface area (Å²) in [4.78, 5) is 16.2. The van der Waals surface area contributed by atoms with Gasteiger partial charge in [0, 0.05) is 77.6 Å². The Kier molecular flexibility index (Phi) is 20.4. The third kappa shape index (κ3) is 14.0. The molecule has 0 saturated heterocycles. The van der Waals surface area contributed by atoms with Gasteiger partial charge in [0.1, 0.15) is 26.8 Å². The summed E-state index contributed by atoms with van der Waals surface area (Å²) in [6.07, 6.45) is 12.0. The van der Waals surface area contributed by atoms with E-state index in [1.165, 1.54) is 30.3 Å². The number of fused-ring (bicyclic) bond motifs is 2. The number of amides is 1. The van der Waals surface area contributed by atoms with Crippen molar-refractivity contribution in [2.45, 2.75) is 86.8 Å². The van der Waals surface area contributed by atoms with Gasteiger partial charge in [0.25, 0.3) is 0 Å². The first-order valence-corrected chi connectivity index (χ1v) is 22.4. The Bertz CT molecular complexity index is 2360. The normalized spacial score (nSPS) is 16.5. The largest absolute Gasteiger partial charge is 1.00 e. The second kappa shape index (κ2) is 22.3. The Morgan fingerprint density at radius 2 is 1.48 bits per heavy atom. The quantitative estimate of drug-likeness (QED) is 0.0261. The van der Waals surface area contributed by atoms with Gasteiger partial charge in [0.2, 0.25) is 11.6 Å². The Balaban J connectivity index is 0.00000580. The fraction of sp³-hybridized carbons (Fsp3) is 0.459. The summed E-state index contributed by atoms with van der Waals surface area (Å²) in [5.41, 5.74) is 10.9. The molecule has 4 rings (SSSR count). The topological polar surface area (TPSA) is 256 Å². The molecule has 0 fully saturated rings. The predicted octanol–water partition coefficient (Wildman–Crippen LogP) is -1.01. The molecular formula is C37H46K2N6O10S3. The van der Waals surface area contributed by atoms with E-state index < -0.39 is 51.8 Å². The summed E-state index contributed by atoms with van der Waals surface area (Å²) in [5.74, 6) is -0.685. The van der Waals surface area contributed by atoms with E-state index in [0.29, 0.717) is 67.8 Å². The average Bonchev–Trinajstić information content (AvgIpc) is 3.44. The van der Waals surface area contributed by atoms with Gasteiger partial charge in [0.15, 0.2) is 5.71 Å². The molecule has 0 unspecified atom stereocenters. The molecular weight excluding hydrogens is 863 g/mol. The van der Waals surface area contributed by atoms with Gasteiger partial charge in [-0.15, -0.1) is 0 Å². The molecule has 0 spiro atoms. The van der Waals surface area contributed by atoms with E-state index in [-0.39, 0.29) is 127 Å². The Morgan fingerprint density at radius 1 is 0.845 bits per heavy atom. The summed E-state index contributed by atoms with van der Waals surface area (Å²) < 4.78 is 107. The number of hydrogen-bond donors (Lipinski definition) is 1. The molecule has 0 atom stereocenters. The minimum atomic E-state index is -4.75. The van der Waals surface area contributed by atoms with Gasteiger partial charge in [-0.25, -0.2) is 25.3 Å². The van der Waals surface area contributed by atoms with Gasteiger partial charge in [0.05, 0.1) is 25.3 Å². The van der Waals surface area contributed by atoms with Crippen molar-refractivity contribution in [2.75, 3.05) is 36.8 Å². The number of azide groups is 1.